The molecule has 4 aromatic rings. The Morgan fingerprint density at radius 3 is 2.07 bits per heavy atom. The van der Waals surface area contributed by atoms with E-state index < -0.39 is 0 Å². The summed E-state index contributed by atoms with van der Waals surface area (Å²) in [5.41, 5.74) is 10.6. The van der Waals surface area contributed by atoms with E-state index in [4.69, 9.17) is 9.40 Å². The van der Waals surface area contributed by atoms with Crippen LogP contribution in [0.3, 0.4) is 0 Å². The van der Waals surface area contributed by atoms with Crippen LogP contribution in [0.2, 0.25) is 0 Å². The zero-order chi connectivity index (χ0) is 20.9. The van der Waals surface area contributed by atoms with Crippen molar-refractivity contribution < 1.29 is 4.42 Å². The summed E-state index contributed by atoms with van der Waals surface area (Å²) in [7, 11) is 0. The van der Waals surface area contributed by atoms with Gasteiger partial charge in [-0.3, -0.25) is 4.98 Å². The quantitative estimate of drug-likeness (QED) is 0.354. The van der Waals surface area contributed by atoms with Gasteiger partial charge in [-0.15, -0.1) is 0 Å². The Bertz CT molecular complexity index is 1200. The fourth-order valence-electron chi connectivity index (χ4n) is 4.16. The number of hydrogen-bond donors (Lipinski definition) is 0. The monoisotopic (exact) mass is 383 g/mol. The molecule has 0 amide bonds. The number of aryl methyl sites for hydroxylation is 4. The van der Waals surface area contributed by atoms with E-state index in [2.05, 4.69) is 90.9 Å². The molecule has 2 aromatic heterocycles. The summed E-state index contributed by atoms with van der Waals surface area (Å²) in [4.78, 5) is 4.71. The first kappa shape index (κ1) is 19.4. The molecule has 0 saturated carbocycles. The SMILES string of the molecule is Cc1cc(-c2cc3cc(-c4c(C)cc(C)cc4C)oc3cn2)cc(C(C)(C)C)c1. The molecule has 0 spiro atoms. The van der Waals surface area contributed by atoms with Crippen LogP contribution in [0, 0.1) is 27.7 Å². The van der Waals surface area contributed by atoms with Crippen LogP contribution in [0.5, 0.6) is 0 Å². The molecule has 0 N–H and O–H groups in total. The standard InChI is InChI=1S/C27H29NO/c1-16-8-18(3)26(19(4)9-16)24-14-21-13-23(28-15-25(21)29-24)20-10-17(2)11-22(12-20)27(5,6)7/h8-15H,1-7H3. The van der Waals surface area contributed by atoms with Gasteiger partial charge in [0.2, 0.25) is 0 Å². The minimum absolute atomic E-state index is 0.105. The predicted molar refractivity (Wildman–Crippen MR) is 123 cm³/mol. The topological polar surface area (TPSA) is 26.0 Å². The van der Waals surface area contributed by atoms with Crippen molar-refractivity contribution in [2.75, 3.05) is 0 Å². The van der Waals surface area contributed by atoms with Crippen molar-refractivity contribution in [1.29, 1.82) is 0 Å². The van der Waals surface area contributed by atoms with Crippen LogP contribution in [0.1, 0.15) is 48.6 Å². The maximum Gasteiger partial charge on any atom is 0.153 e. The van der Waals surface area contributed by atoms with Crippen LogP contribution in [0.4, 0.5) is 0 Å². The van der Waals surface area contributed by atoms with Gasteiger partial charge >= 0.3 is 0 Å². The molecule has 0 aliphatic carbocycles. The number of benzene rings is 2. The summed E-state index contributed by atoms with van der Waals surface area (Å²) in [5.74, 6) is 0.911. The average Bonchev–Trinajstić information content (AvgIpc) is 3.02. The van der Waals surface area contributed by atoms with Gasteiger partial charge in [0.25, 0.3) is 0 Å². The van der Waals surface area contributed by atoms with Gasteiger partial charge in [-0.05, 0) is 74.1 Å². The molecule has 148 valence electrons. The van der Waals surface area contributed by atoms with E-state index in [1.807, 2.05) is 6.20 Å². The predicted octanol–water partition coefficient (Wildman–Crippen LogP) is 7.69. The normalized spacial score (nSPS) is 12.0. The lowest BCUT2D eigenvalue weighted by atomic mass is 9.85. The van der Waals surface area contributed by atoms with Crippen molar-refractivity contribution in [3.8, 4) is 22.6 Å². The van der Waals surface area contributed by atoms with Gasteiger partial charge in [0, 0.05) is 16.5 Å². The molecule has 2 aromatic carbocycles. The molecule has 2 nitrogen and oxygen atoms in total. The minimum atomic E-state index is 0.105. The summed E-state index contributed by atoms with van der Waals surface area (Å²) in [6.07, 6.45) is 1.85. The lowest BCUT2D eigenvalue weighted by molar-refractivity contribution is 0.590. The fourth-order valence-corrected chi connectivity index (χ4v) is 4.16. The van der Waals surface area contributed by atoms with Gasteiger partial charge in [-0.25, -0.2) is 0 Å². The summed E-state index contributed by atoms with van der Waals surface area (Å²) < 4.78 is 6.19. The second-order valence-electron chi connectivity index (χ2n) is 9.33. The van der Waals surface area contributed by atoms with Crippen LogP contribution in [0.15, 0.2) is 53.1 Å². The van der Waals surface area contributed by atoms with Crippen molar-refractivity contribution in [1.82, 2.24) is 4.98 Å². The molecule has 0 saturated heterocycles. The maximum absolute atomic E-state index is 6.19. The molecule has 29 heavy (non-hydrogen) atoms. The van der Waals surface area contributed by atoms with Crippen LogP contribution < -0.4 is 0 Å². The zero-order valence-electron chi connectivity index (χ0n) is 18.5. The Kier molecular flexibility index (Phi) is 4.61. The van der Waals surface area contributed by atoms with Crippen molar-refractivity contribution in [2.45, 2.75) is 53.9 Å². The van der Waals surface area contributed by atoms with Crippen molar-refractivity contribution in [3.63, 3.8) is 0 Å². The number of nitrogens with zero attached hydrogens (tertiary/aromatic N) is 1. The van der Waals surface area contributed by atoms with Crippen LogP contribution in [-0.4, -0.2) is 4.98 Å². The Morgan fingerprint density at radius 1 is 0.759 bits per heavy atom. The van der Waals surface area contributed by atoms with Crippen molar-refractivity contribution in [3.05, 3.63) is 76.5 Å². The number of pyridine rings is 1. The second kappa shape index (κ2) is 6.88. The first-order valence-electron chi connectivity index (χ1n) is 10.2. The molecule has 0 bridgehead atoms. The van der Waals surface area contributed by atoms with E-state index >= 15 is 0 Å². The van der Waals surface area contributed by atoms with E-state index in [9.17, 15) is 0 Å². The minimum Gasteiger partial charge on any atom is -0.454 e. The number of aromatic nitrogens is 1. The average molecular weight is 384 g/mol. The van der Waals surface area contributed by atoms with E-state index in [-0.39, 0.29) is 5.41 Å². The van der Waals surface area contributed by atoms with E-state index in [0.717, 1.165) is 28.0 Å². The zero-order valence-corrected chi connectivity index (χ0v) is 18.5. The first-order chi connectivity index (χ1) is 13.6. The van der Waals surface area contributed by atoms with Crippen LogP contribution in [-0.2, 0) is 5.41 Å². The summed E-state index contributed by atoms with van der Waals surface area (Å²) in [5, 5.41) is 1.09. The molecule has 2 heteroatoms. The lowest BCUT2D eigenvalue weighted by Gasteiger charge is -2.20. The summed E-state index contributed by atoms with van der Waals surface area (Å²) in [6.45, 7) is 15.3. The molecule has 0 aliphatic heterocycles. The number of hydrogen-bond acceptors (Lipinski definition) is 2. The Hall–Kier alpha value is -2.87. The molecule has 0 radical (unpaired) electrons. The molecule has 0 atom stereocenters. The van der Waals surface area contributed by atoms with Crippen LogP contribution in [0.25, 0.3) is 33.6 Å². The van der Waals surface area contributed by atoms with Gasteiger partial charge in [0.05, 0.1) is 11.9 Å². The van der Waals surface area contributed by atoms with E-state index in [1.165, 1.54) is 33.4 Å². The molecule has 0 aliphatic rings. The smallest absolute Gasteiger partial charge is 0.153 e. The van der Waals surface area contributed by atoms with E-state index in [1.54, 1.807) is 0 Å². The van der Waals surface area contributed by atoms with Gasteiger partial charge < -0.3 is 4.42 Å². The highest BCUT2D eigenvalue weighted by Crippen LogP contribution is 2.35. The molecule has 0 fully saturated rings. The second-order valence-corrected chi connectivity index (χ2v) is 9.33. The third-order valence-corrected chi connectivity index (χ3v) is 5.57. The Morgan fingerprint density at radius 2 is 1.41 bits per heavy atom. The third-order valence-electron chi connectivity index (χ3n) is 5.57. The Balaban J connectivity index is 1.82. The molecule has 0 unspecified atom stereocenters. The van der Waals surface area contributed by atoms with E-state index in [0.29, 0.717) is 0 Å². The van der Waals surface area contributed by atoms with Gasteiger partial charge in [-0.1, -0.05) is 50.1 Å². The van der Waals surface area contributed by atoms with Crippen molar-refractivity contribution >= 4 is 11.0 Å². The maximum atomic E-state index is 6.19. The number of furan rings is 1. The summed E-state index contributed by atoms with van der Waals surface area (Å²) in [6, 6.07) is 15.4. The molecule has 2 heterocycles. The molecular formula is C27H29NO. The molecule has 4 rings (SSSR count). The lowest BCUT2D eigenvalue weighted by Crippen LogP contribution is -2.11. The highest BCUT2D eigenvalue weighted by molar-refractivity contribution is 5.86. The van der Waals surface area contributed by atoms with Crippen molar-refractivity contribution in [2.24, 2.45) is 0 Å². The molecular weight excluding hydrogens is 354 g/mol. The first-order valence-corrected chi connectivity index (χ1v) is 10.2. The Labute approximate surface area is 173 Å². The third kappa shape index (κ3) is 3.72. The van der Waals surface area contributed by atoms with Gasteiger partial charge in [0.1, 0.15) is 5.76 Å². The highest BCUT2D eigenvalue weighted by Gasteiger charge is 2.17. The highest BCUT2D eigenvalue weighted by atomic mass is 16.3. The van der Waals surface area contributed by atoms with Crippen LogP contribution >= 0.6 is 0 Å². The number of rotatable bonds is 2. The largest absolute Gasteiger partial charge is 0.454 e. The van der Waals surface area contributed by atoms with Gasteiger partial charge in [-0.2, -0.15) is 0 Å². The number of fused-ring (bicyclic) bond motifs is 1. The van der Waals surface area contributed by atoms with Gasteiger partial charge in [0.15, 0.2) is 5.58 Å². The summed E-state index contributed by atoms with van der Waals surface area (Å²) >= 11 is 0. The fraction of sp³-hybridized carbons (Fsp3) is 0.296.